The number of fused-ring (bicyclic) bond motifs is 1. The molecule has 0 radical (unpaired) electrons. The van der Waals surface area contributed by atoms with Crippen LogP contribution in [0.25, 0.3) is 0 Å². The Morgan fingerprint density at radius 1 is 1.38 bits per heavy atom. The van der Waals surface area contributed by atoms with Crippen LogP contribution in [-0.2, 0) is 11.3 Å². The van der Waals surface area contributed by atoms with Crippen LogP contribution in [0.3, 0.4) is 0 Å². The van der Waals surface area contributed by atoms with E-state index in [1.54, 1.807) is 37.2 Å². The first-order valence-electron chi connectivity index (χ1n) is 9.50. The second-order valence-corrected chi connectivity index (χ2v) is 7.82. The summed E-state index contributed by atoms with van der Waals surface area (Å²) >= 11 is 0. The number of amides is 1. The van der Waals surface area contributed by atoms with E-state index in [-0.39, 0.29) is 31.4 Å². The lowest BCUT2D eigenvalue weighted by molar-refractivity contribution is -0.117. The van der Waals surface area contributed by atoms with Gasteiger partial charge < -0.3 is 20.1 Å². The molecule has 0 atom stereocenters. The molecule has 1 aromatic rings. The van der Waals surface area contributed by atoms with Crippen molar-refractivity contribution in [3.8, 4) is 5.75 Å². The predicted octanol–water partition coefficient (Wildman–Crippen LogP) is 0.865. The van der Waals surface area contributed by atoms with Crippen molar-refractivity contribution in [1.82, 2.24) is 20.7 Å². The molecule has 3 N–H and O–H groups in total. The maximum absolute atomic E-state index is 14.0. The molecule has 0 fully saturated rings. The molecule has 3 aliphatic heterocycles. The predicted molar refractivity (Wildman–Crippen MR) is 105 cm³/mol. The molecular formula is C20H24FN5O3. The smallest absolute Gasteiger partial charge is 0.252 e. The highest BCUT2D eigenvalue weighted by Crippen LogP contribution is 2.26. The van der Waals surface area contributed by atoms with E-state index in [1.807, 2.05) is 4.90 Å². The van der Waals surface area contributed by atoms with Gasteiger partial charge in [-0.25, -0.2) is 14.8 Å². The summed E-state index contributed by atoms with van der Waals surface area (Å²) < 4.78 is 19.8. The van der Waals surface area contributed by atoms with Crippen molar-refractivity contribution in [3.63, 3.8) is 0 Å². The number of ether oxygens (including phenoxy) is 1. The molecule has 1 aromatic carbocycles. The second kappa shape index (κ2) is 7.49. The highest BCUT2D eigenvalue weighted by molar-refractivity contribution is 5.98. The first kappa shape index (κ1) is 19.4. The number of amidine groups is 1. The fourth-order valence-electron chi connectivity index (χ4n) is 3.49. The maximum atomic E-state index is 14.0. The summed E-state index contributed by atoms with van der Waals surface area (Å²) in [5, 5.41) is 15.0. The molecule has 1 amide bonds. The number of aliphatic imine (C=N–C) groups is 1. The fraction of sp³-hybridized carbons (Fsp3) is 0.400. The van der Waals surface area contributed by atoms with Crippen LogP contribution in [0.5, 0.6) is 5.75 Å². The number of hydrazine groups is 1. The van der Waals surface area contributed by atoms with Crippen LogP contribution < -0.4 is 15.5 Å². The maximum Gasteiger partial charge on any atom is 0.252 e. The van der Waals surface area contributed by atoms with Crippen molar-refractivity contribution < 1.29 is 19.0 Å². The zero-order valence-electron chi connectivity index (χ0n) is 16.4. The van der Waals surface area contributed by atoms with Crippen LogP contribution in [-0.4, -0.2) is 58.6 Å². The average molecular weight is 401 g/mol. The number of nitrogens with one attached hydrogen (secondary N) is 2. The van der Waals surface area contributed by atoms with Crippen molar-refractivity contribution in [2.75, 3.05) is 26.2 Å². The van der Waals surface area contributed by atoms with E-state index in [9.17, 15) is 14.3 Å². The van der Waals surface area contributed by atoms with Crippen molar-refractivity contribution in [2.45, 2.75) is 26.0 Å². The van der Waals surface area contributed by atoms with E-state index in [2.05, 4.69) is 15.7 Å². The minimum atomic E-state index is -1.02. The molecule has 8 nitrogen and oxygen atoms in total. The van der Waals surface area contributed by atoms with Gasteiger partial charge in [-0.05, 0) is 38.1 Å². The van der Waals surface area contributed by atoms with Crippen LogP contribution in [0.4, 0.5) is 4.39 Å². The number of benzene rings is 1. The number of nitrogens with zero attached hydrogens (tertiary/aromatic N) is 3. The van der Waals surface area contributed by atoms with Crippen molar-refractivity contribution in [3.05, 3.63) is 53.2 Å². The van der Waals surface area contributed by atoms with Crippen molar-refractivity contribution in [1.29, 1.82) is 0 Å². The lowest BCUT2D eigenvalue weighted by Gasteiger charge is -2.33. The van der Waals surface area contributed by atoms with E-state index in [0.29, 0.717) is 41.6 Å². The van der Waals surface area contributed by atoms with E-state index < -0.39 is 5.60 Å². The van der Waals surface area contributed by atoms with E-state index in [1.165, 1.54) is 12.1 Å². The summed E-state index contributed by atoms with van der Waals surface area (Å²) in [4.78, 5) is 19.1. The lowest BCUT2D eigenvalue weighted by Crippen LogP contribution is -2.42. The van der Waals surface area contributed by atoms with Gasteiger partial charge in [0.25, 0.3) is 5.91 Å². The Bertz CT molecular complexity index is 919. The van der Waals surface area contributed by atoms with Gasteiger partial charge in [0.05, 0.1) is 17.7 Å². The second-order valence-electron chi connectivity index (χ2n) is 7.82. The van der Waals surface area contributed by atoms with Crippen LogP contribution in [0.2, 0.25) is 0 Å². The third-order valence-electron chi connectivity index (χ3n) is 4.72. The summed E-state index contributed by atoms with van der Waals surface area (Å²) in [5.74, 6) is 1.03. The number of hydrogen-bond donors (Lipinski definition) is 3. The van der Waals surface area contributed by atoms with Crippen molar-refractivity contribution >= 4 is 11.7 Å². The van der Waals surface area contributed by atoms with Crippen LogP contribution >= 0.6 is 0 Å². The minimum absolute atomic E-state index is 0.218. The van der Waals surface area contributed by atoms with Gasteiger partial charge in [-0.2, -0.15) is 0 Å². The number of rotatable bonds is 2. The largest absolute Gasteiger partial charge is 0.491 e. The summed E-state index contributed by atoms with van der Waals surface area (Å²) in [7, 11) is 0. The molecule has 9 heteroatoms. The number of carbonyl (C=O) groups is 1. The van der Waals surface area contributed by atoms with E-state index >= 15 is 0 Å². The zero-order valence-corrected chi connectivity index (χ0v) is 16.4. The third kappa shape index (κ3) is 4.25. The zero-order chi connectivity index (χ0) is 20.6. The molecule has 3 heterocycles. The summed E-state index contributed by atoms with van der Waals surface area (Å²) in [6, 6.07) is 4.34. The molecular weight excluding hydrogens is 377 g/mol. The van der Waals surface area contributed by atoms with Crippen LogP contribution in [0.15, 0.2) is 46.9 Å². The van der Waals surface area contributed by atoms with Crippen LogP contribution in [0.1, 0.15) is 19.4 Å². The lowest BCUT2D eigenvalue weighted by atomic mass is 10.1. The summed E-state index contributed by atoms with van der Waals surface area (Å²) in [5.41, 5.74) is 3.25. The molecule has 3 aliphatic rings. The Labute approximate surface area is 168 Å². The van der Waals surface area contributed by atoms with Gasteiger partial charge in [0.2, 0.25) is 0 Å². The monoisotopic (exact) mass is 401 g/mol. The quantitative estimate of drug-likeness (QED) is 0.681. The molecule has 0 saturated carbocycles. The first-order valence-corrected chi connectivity index (χ1v) is 9.50. The third-order valence-corrected chi connectivity index (χ3v) is 4.72. The Morgan fingerprint density at radius 3 is 3.00 bits per heavy atom. The highest BCUT2D eigenvalue weighted by atomic mass is 19.1. The normalized spacial score (nSPS) is 19.6. The molecule has 2 bridgehead atoms. The van der Waals surface area contributed by atoms with Gasteiger partial charge >= 0.3 is 0 Å². The van der Waals surface area contributed by atoms with E-state index in [4.69, 9.17) is 4.74 Å². The van der Waals surface area contributed by atoms with E-state index in [0.717, 1.165) is 0 Å². The fourth-order valence-corrected chi connectivity index (χ4v) is 3.49. The molecule has 29 heavy (non-hydrogen) atoms. The summed E-state index contributed by atoms with van der Waals surface area (Å²) in [6.45, 7) is 4.87. The Kier molecular flexibility index (Phi) is 5.01. The highest BCUT2D eigenvalue weighted by Gasteiger charge is 2.30. The average Bonchev–Trinajstić information content (AvgIpc) is 3.07. The molecule has 0 unspecified atom stereocenters. The Balaban J connectivity index is 1.79. The van der Waals surface area contributed by atoms with Gasteiger partial charge in [0.1, 0.15) is 24.0 Å². The first-order chi connectivity index (χ1) is 13.8. The van der Waals surface area contributed by atoms with Crippen LogP contribution in [0, 0.1) is 5.82 Å². The van der Waals surface area contributed by atoms with Gasteiger partial charge in [-0.15, -0.1) is 0 Å². The van der Waals surface area contributed by atoms with Gasteiger partial charge in [0, 0.05) is 31.4 Å². The molecule has 0 aliphatic carbocycles. The van der Waals surface area contributed by atoms with Gasteiger partial charge in [-0.1, -0.05) is 0 Å². The Morgan fingerprint density at radius 2 is 2.21 bits per heavy atom. The number of halogens is 1. The topological polar surface area (TPSA) is 89.4 Å². The molecule has 4 rings (SSSR count). The standard InChI is InChI=1S/C20H24FN5O3/c1-20(2,28)12-25-11-13-9-14(21)3-4-16(13)29-8-6-22-19(27)15-10-23-26-7-5-17(25)24-18(15)26/h3-5,7,9,23,28H,6,8,10-12H2,1-2H3,(H,22,27). The SMILES string of the molecule is CC(C)(O)CN1Cc2cc(F)ccc2OCCNC(=O)C2=C3N=C1C=CN3NC2. The molecule has 0 aromatic heterocycles. The van der Waals surface area contributed by atoms with Crippen molar-refractivity contribution in [2.24, 2.45) is 4.99 Å². The molecule has 0 spiro atoms. The number of β-amino-alcohol motifs (C(OH)–C–C–N with tert-alkyl or cyclic N) is 1. The Hall–Kier alpha value is -2.91. The molecule has 154 valence electrons. The summed E-state index contributed by atoms with van der Waals surface area (Å²) in [6.07, 6.45) is 3.58. The van der Waals surface area contributed by atoms with Gasteiger partial charge in [-0.3, -0.25) is 9.80 Å². The molecule has 0 saturated heterocycles. The number of hydrogen-bond acceptors (Lipinski definition) is 7. The minimum Gasteiger partial charge on any atom is -0.491 e. The number of aliphatic hydroxyl groups is 1. The number of carbonyl (C=O) groups excluding carboxylic acids is 1. The van der Waals surface area contributed by atoms with Gasteiger partial charge in [0.15, 0.2) is 5.82 Å².